The lowest BCUT2D eigenvalue weighted by Gasteiger charge is -2.08. The van der Waals surface area contributed by atoms with E-state index in [1.165, 1.54) is 0 Å². The molecular formula is C24H19N3O2S. The number of anilines is 1. The first-order valence-corrected chi connectivity index (χ1v) is 10.3. The Morgan fingerprint density at radius 1 is 0.833 bits per heavy atom. The second-order valence-electron chi connectivity index (χ2n) is 6.58. The summed E-state index contributed by atoms with van der Waals surface area (Å²) in [5.74, 6) is -0.574. The van der Waals surface area contributed by atoms with Crippen LogP contribution in [-0.2, 0) is 4.79 Å². The van der Waals surface area contributed by atoms with Gasteiger partial charge in [0.05, 0.1) is 12.2 Å². The number of nitrogens with one attached hydrogen (secondary N) is 2. The molecule has 0 aliphatic heterocycles. The third kappa shape index (κ3) is 4.79. The molecular weight excluding hydrogens is 394 g/mol. The summed E-state index contributed by atoms with van der Waals surface area (Å²) in [5, 5.41) is 8.40. The minimum Gasteiger partial charge on any atom is -0.343 e. The molecule has 0 aliphatic rings. The van der Waals surface area contributed by atoms with E-state index in [1.807, 2.05) is 66.0 Å². The molecule has 2 N–H and O–H groups in total. The van der Waals surface area contributed by atoms with Gasteiger partial charge in [-0.25, -0.2) is 4.98 Å². The SMILES string of the molecule is O=C(CNC(=O)c1ccccc1)Nc1cccc(-c2csc(-c3ccccc3)n2)c1. The van der Waals surface area contributed by atoms with Crippen LogP contribution < -0.4 is 10.6 Å². The van der Waals surface area contributed by atoms with Crippen LogP contribution in [0.2, 0.25) is 0 Å². The molecule has 2 amide bonds. The number of thiazole rings is 1. The summed E-state index contributed by atoms with van der Waals surface area (Å²) in [6.45, 7) is -0.104. The number of hydrogen-bond donors (Lipinski definition) is 2. The van der Waals surface area contributed by atoms with Crippen molar-refractivity contribution in [2.45, 2.75) is 0 Å². The average Bonchev–Trinajstić information content (AvgIpc) is 3.29. The molecule has 1 aromatic heterocycles. The number of hydrogen-bond acceptors (Lipinski definition) is 4. The Bertz CT molecular complexity index is 1160. The van der Waals surface area contributed by atoms with Crippen LogP contribution in [0.1, 0.15) is 10.4 Å². The highest BCUT2D eigenvalue weighted by Gasteiger charge is 2.10. The molecule has 3 aromatic carbocycles. The average molecular weight is 414 g/mol. The first-order chi connectivity index (χ1) is 14.7. The van der Waals surface area contributed by atoms with Gasteiger partial charge >= 0.3 is 0 Å². The van der Waals surface area contributed by atoms with Gasteiger partial charge in [-0.1, -0.05) is 60.7 Å². The third-order valence-electron chi connectivity index (χ3n) is 4.41. The Balaban J connectivity index is 1.39. The number of benzene rings is 3. The van der Waals surface area contributed by atoms with Crippen molar-refractivity contribution in [3.63, 3.8) is 0 Å². The standard InChI is InChI=1S/C24H19N3O2S/c28-22(15-25-23(29)17-8-3-1-4-9-17)26-20-13-7-12-19(14-20)21-16-30-24(27-21)18-10-5-2-6-11-18/h1-14,16H,15H2,(H,25,29)(H,26,28). The minimum atomic E-state index is -0.292. The molecule has 4 rings (SSSR count). The van der Waals surface area contributed by atoms with Crippen LogP contribution in [0.3, 0.4) is 0 Å². The van der Waals surface area contributed by atoms with Crippen LogP contribution in [0, 0.1) is 0 Å². The van der Waals surface area contributed by atoms with Crippen molar-refractivity contribution < 1.29 is 9.59 Å². The lowest BCUT2D eigenvalue weighted by atomic mass is 10.1. The van der Waals surface area contributed by atoms with E-state index in [0.717, 1.165) is 21.8 Å². The molecule has 6 heteroatoms. The van der Waals surface area contributed by atoms with Gasteiger partial charge in [-0.3, -0.25) is 9.59 Å². The first-order valence-electron chi connectivity index (χ1n) is 9.43. The van der Waals surface area contributed by atoms with E-state index >= 15 is 0 Å². The van der Waals surface area contributed by atoms with E-state index in [1.54, 1.807) is 35.6 Å². The van der Waals surface area contributed by atoms with E-state index < -0.39 is 0 Å². The molecule has 0 fully saturated rings. The van der Waals surface area contributed by atoms with Crippen molar-refractivity contribution in [2.24, 2.45) is 0 Å². The summed E-state index contributed by atoms with van der Waals surface area (Å²) < 4.78 is 0. The Hall–Kier alpha value is -3.77. The molecule has 0 spiro atoms. The predicted octanol–water partition coefficient (Wildman–Crippen LogP) is 4.85. The highest BCUT2D eigenvalue weighted by molar-refractivity contribution is 7.13. The van der Waals surface area contributed by atoms with Crippen LogP contribution in [-0.4, -0.2) is 23.3 Å². The predicted molar refractivity (Wildman–Crippen MR) is 120 cm³/mol. The molecule has 0 saturated heterocycles. The second-order valence-corrected chi connectivity index (χ2v) is 7.44. The third-order valence-corrected chi connectivity index (χ3v) is 5.30. The smallest absolute Gasteiger partial charge is 0.251 e. The van der Waals surface area contributed by atoms with Crippen molar-refractivity contribution >= 4 is 28.8 Å². The van der Waals surface area contributed by atoms with Crippen LogP contribution in [0.25, 0.3) is 21.8 Å². The minimum absolute atomic E-state index is 0.104. The zero-order valence-corrected chi connectivity index (χ0v) is 16.9. The van der Waals surface area contributed by atoms with Gasteiger partial charge in [0, 0.05) is 27.8 Å². The van der Waals surface area contributed by atoms with Crippen molar-refractivity contribution in [3.05, 3.63) is 95.9 Å². The van der Waals surface area contributed by atoms with Crippen molar-refractivity contribution in [2.75, 3.05) is 11.9 Å². The molecule has 0 saturated carbocycles. The van der Waals surface area contributed by atoms with E-state index in [2.05, 4.69) is 10.6 Å². The molecule has 148 valence electrons. The normalized spacial score (nSPS) is 10.4. The van der Waals surface area contributed by atoms with E-state index in [0.29, 0.717) is 11.3 Å². The van der Waals surface area contributed by atoms with Crippen molar-refractivity contribution in [1.29, 1.82) is 0 Å². The molecule has 4 aromatic rings. The summed E-state index contributed by atoms with van der Waals surface area (Å²) in [7, 11) is 0. The van der Waals surface area contributed by atoms with Gasteiger partial charge in [-0.2, -0.15) is 0 Å². The summed E-state index contributed by atoms with van der Waals surface area (Å²) >= 11 is 1.58. The van der Waals surface area contributed by atoms with Gasteiger partial charge in [-0.05, 0) is 24.3 Å². The van der Waals surface area contributed by atoms with Gasteiger partial charge in [-0.15, -0.1) is 11.3 Å². The maximum absolute atomic E-state index is 12.2. The van der Waals surface area contributed by atoms with E-state index in [4.69, 9.17) is 4.98 Å². The molecule has 1 heterocycles. The zero-order valence-electron chi connectivity index (χ0n) is 16.0. The largest absolute Gasteiger partial charge is 0.343 e. The van der Waals surface area contributed by atoms with Crippen molar-refractivity contribution in [1.82, 2.24) is 10.3 Å². The van der Waals surface area contributed by atoms with Gasteiger partial charge in [0.1, 0.15) is 5.01 Å². The highest BCUT2D eigenvalue weighted by atomic mass is 32.1. The van der Waals surface area contributed by atoms with Crippen LogP contribution in [0.15, 0.2) is 90.3 Å². The number of aromatic nitrogens is 1. The Kier molecular flexibility index (Phi) is 5.96. The van der Waals surface area contributed by atoms with Crippen LogP contribution >= 0.6 is 11.3 Å². The summed E-state index contributed by atoms with van der Waals surface area (Å²) in [4.78, 5) is 29.0. The van der Waals surface area contributed by atoms with Gasteiger partial charge in [0.25, 0.3) is 5.91 Å². The number of carbonyl (C=O) groups excluding carboxylic acids is 2. The van der Waals surface area contributed by atoms with E-state index in [9.17, 15) is 9.59 Å². The molecule has 30 heavy (non-hydrogen) atoms. The Morgan fingerprint density at radius 3 is 2.30 bits per heavy atom. The number of rotatable bonds is 6. The molecule has 5 nitrogen and oxygen atoms in total. The van der Waals surface area contributed by atoms with Crippen LogP contribution in [0.5, 0.6) is 0 Å². The molecule has 0 atom stereocenters. The molecule has 0 unspecified atom stereocenters. The zero-order chi connectivity index (χ0) is 20.8. The van der Waals surface area contributed by atoms with E-state index in [-0.39, 0.29) is 18.4 Å². The van der Waals surface area contributed by atoms with Crippen molar-refractivity contribution in [3.8, 4) is 21.8 Å². The fourth-order valence-electron chi connectivity index (χ4n) is 2.93. The number of carbonyl (C=O) groups is 2. The maximum Gasteiger partial charge on any atom is 0.251 e. The molecule has 0 aliphatic carbocycles. The fraction of sp³-hybridized carbons (Fsp3) is 0.0417. The Morgan fingerprint density at radius 2 is 1.53 bits per heavy atom. The summed E-state index contributed by atoms with van der Waals surface area (Å²) in [5.41, 5.74) is 4.02. The lowest BCUT2D eigenvalue weighted by Crippen LogP contribution is -2.32. The summed E-state index contributed by atoms with van der Waals surface area (Å²) in [6, 6.07) is 26.3. The molecule has 0 radical (unpaired) electrons. The molecule has 0 bridgehead atoms. The van der Waals surface area contributed by atoms with Gasteiger partial charge in [0.15, 0.2) is 0 Å². The Labute approximate surface area is 178 Å². The maximum atomic E-state index is 12.2. The van der Waals surface area contributed by atoms with Crippen LogP contribution in [0.4, 0.5) is 5.69 Å². The topological polar surface area (TPSA) is 71.1 Å². The summed E-state index contributed by atoms with van der Waals surface area (Å²) in [6.07, 6.45) is 0. The fourth-order valence-corrected chi connectivity index (χ4v) is 3.77. The number of nitrogens with zero attached hydrogens (tertiary/aromatic N) is 1. The highest BCUT2D eigenvalue weighted by Crippen LogP contribution is 2.29. The lowest BCUT2D eigenvalue weighted by molar-refractivity contribution is -0.115. The van der Waals surface area contributed by atoms with Gasteiger partial charge in [0.2, 0.25) is 5.91 Å². The first kappa shape index (κ1) is 19.5. The second kappa shape index (κ2) is 9.15. The number of amides is 2. The quantitative estimate of drug-likeness (QED) is 0.475. The van der Waals surface area contributed by atoms with Gasteiger partial charge < -0.3 is 10.6 Å². The monoisotopic (exact) mass is 413 g/mol.